The normalized spacial score (nSPS) is 12.4. The fourth-order valence-corrected chi connectivity index (χ4v) is 2.31. The van der Waals surface area contributed by atoms with Crippen LogP contribution >= 0.6 is 31.9 Å². The summed E-state index contributed by atoms with van der Waals surface area (Å²) < 4.78 is 1.87. The maximum atomic E-state index is 10.2. The van der Waals surface area contributed by atoms with Gasteiger partial charge in [0.05, 0.1) is 6.10 Å². The van der Waals surface area contributed by atoms with E-state index in [0.29, 0.717) is 12.2 Å². The molecule has 1 unspecified atom stereocenters. The van der Waals surface area contributed by atoms with E-state index >= 15 is 0 Å². The van der Waals surface area contributed by atoms with Gasteiger partial charge in [-0.05, 0) is 61.2 Å². The molecular weight excluding hydrogens is 360 g/mol. The Bertz CT molecular complexity index is 560. The minimum atomic E-state index is -0.596. The smallest absolute Gasteiger partial charge is 0.126 e. The van der Waals surface area contributed by atoms with Crippen molar-refractivity contribution in [3.63, 3.8) is 0 Å². The summed E-state index contributed by atoms with van der Waals surface area (Å²) in [4.78, 5) is 4.01. The highest BCUT2D eigenvalue weighted by molar-refractivity contribution is 9.13. The standard InChI is InChI=1S/C13H12Br2N2O/c14-10-4-3-8(6-11(10)15)12(18)7-9-2-1-5-17-13(9)16/h1-6,12,18H,7H2,(H2,16,17). The number of aromatic nitrogens is 1. The van der Waals surface area contributed by atoms with E-state index in [2.05, 4.69) is 36.8 Å². The zero-order valence-corrected chi connectivity index (χ0v) is 12.6. The maximum Gasteiger partial charge on any atom is 0.126 e. The third-order valence-electron chi connectivity index (χ3n) is 2.67. The van der Waals surface area contributed by atoms with Gasteiger partial charge in [0.25, 0.3) is 0 Å². The summed E-state index contributed by atoms with van der Waals surface area (Å²) in [5.74, 6) is 0.465. The number of nitrogens with two attached hydrogens (primary N) is 1. The molecule has 0 aliphatic carbocycles. The molecule has 0 spiro atoms. The molecule has 2 aromatic rings. The Kier molecular flexibility index (Phi) is 4.37. The fraction of sp³-hybridized carbons (Fsp3) is 0.154. The predicted molar refractivity (Wildman–Crippen MR) is 79.2 cm³/mol. The molecule has 0 fully saturated rings. The van der Waals surface area contributed by atoms with Crippen molar-refractivity contribution in [2.75, 3.05) is 5.73 Å². The van der Waals surface area contributed by atoms with Crippen LogP contribution in [-0.4, -0.2) is 10.1 Å². The molecule has 94 valence electrons. The lowest BCUT2D eigenvalue weighted by atomic mass is 10.0. The number of hydrogen-bond acceptors (Lipinski definition) is 3. The number of anilines is 1. The number of pyridine rings is 1. The Hall–Kier alpha value is -0.910. The molecule has 18 heavy (non-hydrogen) atoms. The molecule has 0 saturated carbocycles. The van der Waals surface area contributed by atoms with Crippen molar-refractivity contribution < 1.29 is 5.11 Å². The summed E-state index contributed by atoms with van der Waals surface area (Å²) in [6, 6.07) is 9.36. The minimum absolute atomic E-state index is 0.452. The number of rotatable bonds is 3. The van der Waals surface area contributed by atoms with E-state index in [1.165, 1.54) is 0 Å². The largest absolute Gasteiger partial charge is 0.388 e. The molecule has 1 atom stereocenters. The van der Waals surface area contributed by atoms with Crippen molar-refractivity contribution in [2.45, 2.75) is 12.5 Å². The molecule has 1 heterocycles. The summed E-state index contributed by atoms with van der Waals surface area (Å²) >= 11 is 6.82. The Morgan fingerprint density at radius 1 is 1.22 bits per heavy atom. The number of nitrogens with zero attached hydrogens (tertiary/aromatic N) is 1. The molecular formula is C13H12Br2N2O. The maximum absolute atomic E-state index is 10.2. The third-order valence-corrected chi connectivity index (χ3v) is 4.55. The third kappa shape index (κ3) is 3.10. The van der Waals surface area contributed by atoms with E-state index in [1.54, 1.807) is 6.20 Å². The zero-order valence-electron chi connectivity index (χ0n) is 9.48. The van der Waals surface area contributed by atoms with Gasteiger partial charge in [0.1, 0.15) is 5.82 Å². The first-order chi connectivity index (χ1) is 8.58. The number of hydrogen-bond donors (Lipinski definition) is 2. The average molecular weight is 372 g/mol. The SMILES string of the molecule is Nc1ncccc1CC(O)c1ccc(Br)c(Br)c1. The summed E-state index contributed by atoms with van der Waals surface area (Å²) in [7, 11) is 0. The quantitative estimate of drug-likeness (QED) is 0.868. The van der Waals surface area contributed by atoms with Crippen LogP contribution < -0.4 is 5.73 Å². The lowest BCUT2D eigenvalue weighted by molar-refractivity contribution is 0.178. The minimum Gasteiger partial charge on any atom is -0.388 e. The van der Waals surface area contributed by atoms with Crippen molar-refractivity contribution >= 4 is 37.7 Å². The second kappa shape index (κ2) is 5.82. The molecule has 0 amide bonds. The summed E-state index contributed by atoms with van der Waals surface area (Å²) in [5.41, 5.74) is 7.45. The monoisotopic (exact) mass is 370 g/mol. The predicted octanol–water partition coefficient (Wildman–Crippen LogP) is 3.46. The lowest BCUT2D eigenvalue weighted by Gasteiger charge is -2.13. The Balaban J connectivity index is 2.19. The van der Waals surface area contributed by atoms with Crippen molar-refractivity contribution in [1.29, 1.82) is 0 Å². The van der Waals surface area contributed by atoms with Crippen LogP contribution in [0.1, 0.15) is 17.2 Å². The average Bonchev–Trinajstić information content (AvgIpc) is 2.35. The van der Waals surface area contributed by atoms with Gasteiger partial charge < -0.3 is 10.8 Å². The Morgan fingerprint density at radius 2 is 2.00 bits per heavy atom. The van der Waals surface area contributed by atoms with E-state index in [9.17, 15) is 5.11 Å². The van der Waals surface area contributed by atoms with Crippen LogP contribution in [0.25, 0.3) is 0 Å². The molecule has 0 aliphatic heterocycles. The van der Waals surface area contributed by atoms with Gasteiger partial charge in [-0.25, -0.2) is 4.98 Å². The van der Waals surface area contributed by atoms with Gasteiger partial charge in [0.2, 0.25) is 0 Å². The van der Waals surface area contributed by atoms with Gasteiger partial charge in [-0.2, -0.15) is 0 Å². The van der Waals surface area contributed by atoms with Crippen LogP contribution in [0.15, 0.2) is 45.5 Å². The van der Waals surface area contributed by atoms with E-state index in [4.69, 9.17) is 5.73 Å². The summed E-state index contributed by atoms with van der Waals surface area (Å²) in [6.07, 6.45) is 1.50. The van der Waals surface area contributed by atoms with Crippen molar-refractivity contribution in [3.05, 3.63) is 56.6 Å². The molecule has 5 heteroatoms. The molecule has 0 saturated heterocycles. The van der Waals surface area contributed by atoms with Crippen LogP contribution in [0, 0.1) is 0 Å². The molecule has 3 nitrogen and oxygen atoms in total. The highest BCUT2D eigenvalue weighted by Gasteiger charge is 2.12. The Labute approximate surface area is 122 Å². The number of benzene rings is 1. The van der Waals surface area contributed by atoms with Crippen molar-refractivity contribution in [3.8, 4) is 0 Å². The molecule has 2 rings (SSSR count). The van der Waals surface area contributed by atoms with Gasteiger partial charge >= 0.3 is 0 Å². The van der Waals surface area contributed by atoms with Crippen molar-refractivity contribution in [2.24, 2.45) is 0 Å². The van der Waals surface area contributed by atoms with E-state index in [0.717, 1.165) is 20.1 Å². The van der Waals surface area contributed by atoms with E-state index in [-0.39, 0.29) is 0 Å². The van der Waals surface area contributed by atoms with Crippen LogP contribution in [0.4, 0.5) is 5.82 Å². The lowest BCUT2D eigenvalue weighted by Crippen LogP contribution is -2.05. The van der Waals surface area contributed by atoms with Crippen molar-refractivity contribution in [1.82, 2.24) is 4.98 Å². The number of aliphatic hydroxyl groups excluding tert-OH is 1. The van der Waals surface area contributed by atoms with Crippen LogP contribution in [-0.2, 0) is 6.42 Å². The van der Waals surface area contributed by atoms with Gasteiger partial charge in [-0.3, -0.25) is 0 Å². The number of aliphatic hydroxyl groups is 1. The molecule has 0 radical (unpaired) electrons. The van der Waals surface area contributed by atoms with Crippen LogP contribution in [0.3, 0.4) is 0 Å². The first-order valence-corrected chi connectivity index (χ1v) is 6.99. The number of nitrogen functional groups attached to an aromatic ring is 1. The second-order valence-electron chi connectivity index (χ2n) is 3.94. The highest BCUT2D eigenvalue weighted by Crippen LogP contribution is 2.28. The topological polar surface area (TPSA) is 59.1 Å². The van der Waals surface area contributed by atoms with Crippen LogP contribution in [0.2, 0.25) is 0 Å². The molecule has 1 aromatic heterocycles. The molecule has 0 aliphatic rings. The first-order valence-electron chi connectivity index (χ1n) is 5.40. The molecule has 0 bridgehead atoms. The van der Waals surface area contributed by atoms with Crippen LogP contribution in [0.5, 0.6) is 0 Å². The van der Waals surface area contributed by atoms with E-state index < -0.39 is 6.10 Å². The summed E-state index contributed by atoms with van der Waals surface area (Å²) in [5, 5.41) is 10.2. The van der Waals surface area contributed by atoms with Gasteiger partial charge in [0.15, 0.2) is 0 Å². The van der Waals surface area contributed by atoms with Gasteiger partial charge in [-0.1, -0.05) is 12.1 Å². The Morgan fingerprint density at radius 3 is 2.67 bits per heavy atom. The molecule has 1 aromatic carbocycles. The number of halogens is 2. The first kappa shape index (κ1) is 13.5. The summed E-state index contributed by atoms with van der Waals surface area (Å²) in [6.45, 7) is 0. The van der Waals surface area contributed by atoms with Gasteiger partial charge in [0, 0.05) is 21.6 Å². The zero-order chi connectivity index (χ0) is 13.1. The van der Waals surface area contributed by atoms with E-state index in [1.807, 2.05) is 30.3 Å². The van der Waals surface area contributed by atoms with Gasteiger partial charge in [-0.15, -0.1) is 0 Å². The molecule has 3 N–H and O–H groups in total. The fourth-order valence-electron chi connectivity index (χ4n) is 1.67. The highest BCUT2D eigenvalue weighted by atomic mass is 79.9. The second-order valence-corrected chi connectivity index (χ2v) is 5.65.